The maximum Gasteiger partial charge on any atom is 0.253 e. The van der Waals surface area contributed by atoms with Gasteiger partial charge >= 0.3 is 0 Å². The molecule has 1 amide bonds. The first kappa shape index (κ1) is 23.5. The van der Waals surface area contributed by atoms with Crippen LogP contribution >= 0.6 is 23.4 Å². The Balaban J connectivity index is 1.47. The maximum atomic E-state index is 12.6. The van der Waals surface area contributed by atoms with Gasteiger partial charge in [0.25, 0.3) is 5.91 Å². The van der Waals surface area contributed by atoms with Crippen molar-refractivity contribution < 1.29 is 4.79 Å². The number of hydrazone groups is 1. The van der Waals surface area contributed by atoms with Crippen molar-refractivity contribution in [3.63, 3.8) is 0 Å². The second kappa shape index (κ2) is 11.4. The molecule has 0 bridgehead atoms. The third-order valence-corrected chi connectivity index (χ3v) is 6.03. The van der Waals surface area contributed by atoms with Crippen molar-refractivity contribution >= 4 is 41.2 Å². The number of thioether (sulfide) groups is 1. The number of rotatable bonds is 9. The fraction of sp³-hybridized carbons (Fsp3) is 0.125. The van der Waals surface area contributed by atoms with E-state index in [4.69, 9.17) is 11.6 Å². The number of para-hydroxylation sites is 1. The number of benzene rings is 2. The zero-order chi connectivity index (χ0) is 23.8. The Morgan fingerprint density at radius 2 is 1.91 bits per heavy atom. The van der Waals surface area contributed by atoms with Crippen LogP contribution in [0, 0.1) is 0 Å². The Kier molecular flexibility index (Phi) is 7.90. The molecule has 2 aromatic heterocycles. The van der Waals surface area contributed by atoms with E-state index in [0.29, 0.717) is 22.5 Å². The van der Waals surface area contributed by atoms with Gasteiger partial charge in [-0.15, -0.1) is 10.2 Å². The van der Waals surface area contributed by atoms with Crippen LogP contribution in [0.5, 0.6) is 0 Å². The van der Waals surface area contributed by atoms with Gasteiger partial charge in [0.2, 0.25) is 0 Å². The number of hydrogen-bond acceptors (Lipinski definition) is 7. The number of carbonyl (C=O) groups excluding carboxylic acids is 1. The highest BCUT2D eigenvalue weighted by molar-refractivity contribution is 8.00. The van der Waals surface area contributed by atoms with E-state index in [1.54, 1.807) is 31.6 Å². The second-order valence-corrected chi connectivity index (χ2v) is 8.96. The van der Waals surface area contributed by atoms with Gasteiger partial charge < -0.3 is 5.32 Å². The molecule has 0 aliphatic carbocycles. The minimum absolute atomic E-state index is 0.242. The zero-order valence-electron chi connectivity index (χ0n) is 18.3. The lowest BCUT2D eigenvalue weighted by Crippen LogP contribution is -2.27. The molecule has 4 rings (SSSR count). The van der Waals surface area contributed by atoms with Crippen molar-refractivity contribution in [3.8, 4) is 5.69 Å². The summed E-state index contributed by atoms with van der Waals surface area (Å²) in [7, 11) is 0. The van der Waals surface area contributed by atoms with Crippen molar-refractivity contribution in [2.45, 2.75) is 23.9 Å². The molecule has 2 N–H and O–H groups in total. The van der Waals surface area contributed by atoms with Gasteiger partial charge in [0.15, 0.2) is 11.0 Å². The molecular weight excluding hydrogens is 470 g/mol. The van der Waals surface area contributed by atoms with Gasteiger partial charge in [-0.25, -0.2) is 5.43 Å². The topological polar surface area (TPSA) is 97.1 Å². The van der Waals surface area contributed by atoms with Crippen LogP contribution in [0.1, 0.15) is 18.3 Å². The Bertz CT molecular complexity index is 1250. The molecule has 0 radical (unpaired) electrons. The molecule has 0 spiro atoms. The number of carbonyl (C=O) groups is 1. The smallest absolute Gasteiger partial charge is 0.253 e. The van der Waals surface area contributed by atoms with Gasteiger partial charge in [-0.05, 0) is 49.4 Å². The molecule has 0 saturated heterocycles. The fourth-order valence-electron chi connectivity index (χ4n) is 3.00. The molecule has 0 aliphatic heterocycles. The highest BCUT2D eigenvalue weighted by Gasteiger charge is 2.21. The van der Waals surface area contributed by atoms with Gasteiger partial charge in [-0.2, -0.15) is 5.10 Å². The summed E-state index contributed by atoms with van der Waals surface area (Å²) in [6.45, 7) is 2.25. The predicted molar refractivity (Wildman–Crippen MR) is 135 cm³/mol. The number of nitrogens with zero attached hydrogens (tertiary/aromatic N) is 5. The quantitative estimate of drug-likeness (QED) is 0.202. The largest absolute Gasteiger partial charge is 0.378 e. The molecule has 2 aromatic carbocycles. The minimum atomic E-state index is -0.449. The summed E-state index contributed by atoms with van der Waals surface area (Å²) >= 11 is 7.28. The van der Waals surface area contributed by atoms with E-state index in [-0.39, 0.29) is 5.91 Å². The average molecular weight is 492 g/mol. The maximum absolute atomic E-state index is 12.6. The molecule has 2 heterocycles. The molecule has 10 heteroatoms. The fourth-order valence-corrected chi connectivity index (χ4v) is 4.01. The standard InChI is InChI=1S/C24H22ClN7OS/c1-17(23(33)30-28-15-18-6-5-13-26-14-18)34-24-31-29-22(32(24)21-7-3-2-4-8-21)16-27-20-11-9-19(25)10-12-20/h2-15,17,27H,16H2,1H3,(H,30,33)/b28-15-/t17-/m0/s1. The van der Waals surface area contributed by atoms with Crippen LogP contribution < -0.4 is 10.7 Å². The normalized spacial score (nSPS) is 11.9. The number of anilines is 1. The predicted octanol–water partition coefficient (Wildman–Crippen LogP) is 4.56. The Morgan fingerprint density at radius 1 is 1.12 bits per heavy atom. The molecule has 172 valence electrons. The molecule has 1 atom stereocenters. The van der Waals surface area contributed by atoms with Crippen molar-refractivity contribution in [1.82, 2.24) is 25.2 Å². The van der Waals surface area contributed by atoms with E-state index in [0.717, 1.165) is 16.9 Å². The highest BCUT2D eigenvalue weighted by atomic mass is 35.5. The van der Waals surface area contributed by atoms with Gasteiger partial charge in [0, 0.05) is 34.4 Å². The Hall–Kier alpha value is -3.69. The molecule has 8 nitrogen and oxygen atoms in total. The summed E-state index contributed by atoms with van der Waals surface area (Å²) in [5.74, 6) is 0.472. The zero-order valence-corrected chi connectivity index (χ0v) is 19.9. The molecule has 0 aliphatic rings. The molecule has 34 heavy (non-hydrogen) atoms. The molecule has 0 saturated carbocycles. The number of pyridine rings is 1. The average Bonchev–Trinajstić information content (AvgIpc) is 3.27. The monoisotopic (exact) mass is 491 g/mol. The van der Waals surface area contributed by atoms with Crippen molar-refractivity contribution in [3.05, 3.63) is 95.5 Å². The first-order valence-corrected chi connectivity index (χ1v) is 11.7. The summed E-state index contributed by atoms with van der Waals surface area (Å²) in [5, 5.41) is 16.9. The van der Waals surface area contributed by atoms with Crippen molar-refractivity contribution in [2.24, 2.45) is 5.10 Å². The van der Waals surface area contributed by atoms with Crippen molar-refractivity contribution in [2.75, 3.05) is 5.32 Å². The second-order valence-electron chi connectivity index (χ2n) is 7.21. The van der Waals surface area contributed by atoms with Gasteiger partial charge in [-0.3, -0.25) is 14.3 Å². The van der Waals surface area contributed by atoms with Crippen LogP contribution in [0.25, 0.3) is 5.69 Å². The van der Waals surface area contributed by atoms with Crippen LogP contribution in [-0.2, 0) is 11.3 Å². The van der Waals surface area contributed by atoms with E-state index in [1.807, 2.05) is 65.2 Å². The lowest BCUT2D eigenvalue weighted by atomic mass is 10.3. The van der Waals surface area contributed by atoms with E-state index in [9.17, 15) is 4.79 Å². The first-order valence-electron chi connectivity index (χ1n) is 10.5. The third-order valence-electron chi connectivity index (χ3n) is 4.73. The Labute approximate surface area is 206 Å². The molecule has 4 aromatic rings. The number of halogens is 1. The SMILES string of the molecule is C[C@H](Sc1nnc(CNc2ccc(Cl)cc2)n1-c1ccccc1)C(=O)N/N=C\c1cccnc1. The Morgan fingerprint density at radius 3 is 2.65 bits per heavy atom. The van der Waals surface area contributed by atoms with Crippen LogP contribution in [0.15, 0.2) is 89.4 Å². The van der Waals surface area contributed by atoms with Crippen LogP contribution in [0.4, 0.5) is 5.69 Å². The number of aromatic nitrogens is 4. The summed E-state index contributed by atoms with van der Waals surface area (Å²) in [6, 6.07) is 20.9. The molecular formula is C24H22ClN7OS. The van der Waals surface area contributed by atoms with E-state index >= 15 is 0 Å². The van der Waals surface area contributed by atoms with E-state index < -0.39 is 5.25 Å². The van der Waals surface area contributed by atoms with Crippen LogP contribution in [-0.4, -0.2) is 37.1 Å². The first-order chi connectivity index (χ1) is 16.6. The van der Waals surface area contributed by atoms with Gasteiger partial charge in [-0.1, -0.05) is 47.6 Å². The minimum Gasteiger partial charge on any atom is -0.378 e. The van der Waals surface area contributed by atoms with Crippen LogP contribution in [0.3, 0.4) is 0 Å². The lowest BCUT2D eigenvalue weighted by Gasteiger charge is -2.13. The lowest BCUT2D eigenvalue weighted by molar-refractivity contribution is -0.120. The van der Waals surface area contributed by atoms with Gasteiger partial charge in [0.1, 0.15) is 0 Å². The summed E-state index contributed by atoms with van der Waals surface area (Å²) in [5.41, 5.74) is 5.19. The molecule has 0 unspecified atom stereocenters. The number of amides is 1. The number of nitrogens with one attached hydrogen (secondary N) is 2. The van der Waals surface area contributed by atoms with Crippen molar-refractivity contribution in [1.29, 1.82) is 0 Å². The summed E-state index contributed by atoms with van der Waals surface area (Å²) in [6.07, 6.45) is 4.89. The molecule has 0 fully saturated rings. The summed E-state index contributed by atoms with van der Waals surface area (Å²) < 4.78 is 1.94. The number of hydrogen-bond donors (Lipinski definition) is 2. The third kappa shape index (κ3) is 6.21. The van der Waals surface area contributed by atoms with Crippen LogP contribution in [0.2, 0.25) is 5.02 Å². The van der Waals surface area contributed by atoms with E-state index in [1.165, 1.54) is 11.8 Å². The van der Waals surface area contributed by atoms with E-state index in [2.05, 4.69) is 31.0 Å². The summed E-state index contributed by atoms with van der Waals surface area (Å²) in [4.78, 5) is 16.6. The van der Waals surface area contributed by atoms with Gasteiger partial charge in [0.05, 0.1) is 18.0 Å². The highest BCUT2D eigenvalue weighted by Crippen LogP contribution is 2.26.